The van der Waals surface area contributed by atoms with E-state index in [4.69, 9.17) is 10.5 Å². The van der Waals surface area contributed by atoms with Gasteiger partial charge in [0.15, 0.2) is 0 Å². The highest BCUT2D eigenvalue weighted by atomic mass is 79.9. The van der Waals surface area contributed by atoms with E-state index in [1.54, 1.807) is 24.0 Å². The van der Waals surface area contributed by atoms with Crippen LogP contribution in [-0.2, 0) is 9.53 Å². The van der Waals surface area contributed by atoms with Gasteiger partial charge in [0.2, 0.25) is 0 Å². The lowest BCUT2D eigenvalue weighted by Crippen LogP contribution is -2.39. The van der Waals surface area contributed by atoms with Crippen molar-refractivity contribution in [3.63, 3.8) is 0 Å². The van der Waals surface area contributed by atoms with Crippen LogP contribution in [0.25, 0.3) is 0 Å². The maximum atomic E-state index is 11.4. The number of aromatic nitrogens is 2. The number of esters is 1. The number of hydrogen-bond acceptors (Lipinski definition) is 4. The smallest absolute Gasteiger partial charge is 0.325 e. The van der Waals surface area contributed by atoms with Gasteiger partial charge in [0.1, 0.15) is 6.04 Å². The highest BCUT2D eigenvalue weighted by Gasteiger charge is 2.23. The normalized spacial score (nSPS) is 14.7. The Morgan fingerprint density at radius 2 is 2.47 bits per heavy atom. The molecule has 0 aliphatic rings. The molecule has 1 rings (SSSR count). The van der Waals surface area contributed by atoms with Gasteiger partial charge < -0.3 is 10.5 Å². The van der Waals surface area contributed by atoms with E-state index in [2.05, 4.69) is 21.0 Å². The summed E-state index contributed by atoms with van der Waals surface area (Å²) in [6.45, 7) is 3.91. The molecule has 5 nitrogen and oxygen atoms in total. The number of nitrogens with zero attached hydrogens (tertiary/aromatic N) is 2. The van der Waals surface area contributed by atoms with Gasteiger partial charge in [0, 0.05) is 6.20 Å². The van der Waals surface area contributed by atoms with E-state index in [0.29, 0.717) is 6.61 Å². The number of hydrogen-bond donors (Lipinski definition) is 1. The van der Waals surface area contributed by atoms with Crippen molar-refractivity contribution in [3.05, 3.63) is 16.9 Å². The summed E-state index contributed by atoms with van der Waals surface area (Å²) in [5.74, 6) is -0.406. The molecule has 2 atom stereocenters. The van der Waals surface area contributed by atoms with Crippen molar-refractivity contribution in [1.82, 2.24) is 9.78 Å². The average molecular weight is 276 g/mol. The molecule has 0 aliphatic carbocycles. The van der Waals surface area contributed by atoms with Gasteiger partial charge in [-0.25, -0.2) is 0 Å². The SMILES string of the molecule is CCOC(=O)C(N)C(C)n1cc(Br)cn1. The molecule has 15 heavy (non-hydrogen) atoms. The summed E-state index contributed by atoms with van der Waals surface area (Å²) in [7, 11) is 0. The third-order valence-corrected chi connectivity index (χ3v) is 2.48. The van der Waals surface area contributed by atoms with E-state index in [-0.39, 0.29) is 6.04 Å². The van der Waals surface area contributed by atoms with Crippen LogP contribution >= 0.6 is 15.9 Å². The van der Waals surface area contributed by atoms with Crippen molar-refractivity contribution in [2.75, 3.05) is 6.61 Å². The molecule has 0 amide bonds. The fraction of sp³-hybridized carbons (Fsp3) is 0.556. The summed E-state index contributed by atoms with van der Waals surface area (Å²) < 4.78 is 7.32. The van der Waals surface area contributed by atoms with Gasteiger partial charge >= 0.3 is 5.97 Å². The van der Waals surface area contributed by atoms with Crippen molar-refractivity contribution in [2.24, 2.45) is 5.73 Å². The van der Waals surface area contributed by atoms with Gasteiger partial charge in [-0.2, -0.15) is 5.10 Å². The lowest BCUT2D eigenvalue weighted by Gasteiger charge is -2.18. The molecule has 1 aromatic heterocycles. The van der Waals surface area contributed by atoms with E-state index in [9.17, 15) is 4.79 Å². The van der Waals surface area contributed by atoms with Gasteiger partial charge in [-0.05, 0) is 29.8 Å². The fourth-order valence-corrected chi connectivity index (χ4v) is 1.44. The van der Waals surface area contributed by atoms with Crippen LogP contribution < -0.4 is 5.73 Å². The van der Waals surface area contributed by atoms with Crippen LogP contribution in [0.15, 0.2) is 16.9 Å². The molecule has 0 radical (unpaired) electrons. The first kappa shape index (κ1) is 12.2. The molecule has 2 unspecified atom stereocenters. The predicted molar refractivity (Wildman–Crippen MR) is 59.2 cm³/mol. The van der Waals surface area contributed by atoms with E-state index in [1.807, 2.05) is 6.92 Å². The second-order valence-corrected chi connectivity index (χ2v) is 4.07. The standard InChI is InChI=1S/C9H14BrN3O2/c1-3-15-9(14)8(11)6(2)13-5-7(10)4-12-13/h4-6,8H,3,11H2,1-2H3. The summed E-state index contributed by atoms with van der Waals surface area (Å²) in [5.41, 5.74) is 5.74. The minimum absolute atomic E-state index is 0.227. The first-order valence-electron chi connectivity index (χ1n) is 4.68. The van der Waals surface area contributed by atoms with E-state index < -0.39 is 12.0 Å². The zero-order valence-corrected chi connectivity index (χ0v) is 10.3. The molecule has 0 bridgehead atoms. The highest BCUT2D eigenvalue weighted by molar-refractivity contribution is 9.10. The zero-order chi connectivity index (χ0) is 11.4. The Kier molecular flexibility index (Phi) is 4.28. The Balaban J connectivity index is 2.67. The Hall–Kier alpha value is -0.880. The van der Waals surface area contributed by atoms with Gasteiger partial charge in [-0.3, -0.25) is 9.48 Å². The van der Waals surface area contributed by atoms with Crippen molar-refractivity contribution >= 4 is 21.9 Å². The summed E-state index contributed by atoms with van der Waals surface area (Å²) >= 11 is 3.28. The van der Waals surface area contributed by atoms with Crippen LogP contribution in [0.1, 0.15) is 19.9 Å². The minimum atomic E-state index is -0.697. The van der Waals surface area contributed by atoms with Crippen molar-refractivity contribution in [2.45, 2.75) is 25.9 Å². The summed E-state index contributed by atoms with van der Waals surface area (Å²) in [5, 5.41) is 4.06. The Labute approximate surface area is 96.7 Å². The minimum Gasteiger partial charge on any atom is -0.465 e. The van der Waals surface area contributed by atoms with Crippen molar-refractivity contribution < 1.29 is 9.53 Å². The number of halogens is 1. The molecule has 0 aliphatic heterocycles. The lowest BCUT2D eigenvalue weighted by atomic mass is 10.1. The van der Waals surface area contributed by atoms with Crippen LogP contribution in [0.4, 0.5) is 0 Å². The molecule has 0 fully saturated rings. The second kappa shape index (κ2) is 5.27. The first-order valence-corrected chi connectivity index (χ1v) is 5.47. The molecular formula is C9H14BrN3O2. The van der Waals surface area contributed by atoms with E-state index in [1.165, 1.54) is 0 Å². The molecule has 0 saturated heterocycles. The Bertz CT molecular complexity index is 340. The zero-order valence-electron chi connectivity index (χ0n) is 8.68. The van der Waals surface area contributed by atoms with Crippen molar-refractivity contribution in [1.29, 1.82) is 0 Å². The van der Waals surface area contributed by atoms with Gasteiger partial charge in [-0.15, -0.1) is 0 Å². The van der Waals surface area contributed by atoms with Crippen LogP contribution in [0.3, 0.4) is 0 Å². The van der Waals surface area contributed by atoms with Crippen molar-refractivity contribution in [3.8, 4) is 0 Å². The number of carbonyl (C=O) groups excluding carboxylic acids is 1. The van der Waals surface area contributed by atoms with Gasteiger partial charge in [0.25, 0.3) is 0 Å². The van der Waals surface area contributed by atoms with Crippen LogP contribution in [0, 0.1) is 0 Å². The number of rotatable bonds is 4. The second-order valence-electron chi connectivity index (χ2n) is 3.16. The number of carbonyl (C=O) groups is 1. The number of nitrogens with two attached hydrogens (primary N) is 1. The third-order valence-electron chi connectivity index (χ3n) is 2.07. The monoisotopic (exact) mass is 275 g/mol. The molecule has 1 aromatic rings. The molecular weight excluding hydrogens is 262 g/mol. The molecule has 6 heteroatoms. The molecule has 0 saturated carbocycles. The summed E-state index contributed by atoms with van der Waals surface area (Å²) in [4.78, 5) is 11.4. The highest BCUT2D eigenvalue weighted by Crippen LogP contribution is 2.14. The number of ether oxygens (including phenoxy) is 1. The van der Waals surface area contributed by atoms with E-state index in [0.717, 1.165) is 4.47 Å². The summed E-state index contributed by atoms with van der Waals surface area (Å²) in [6, 6.07) is -0.924. The van der Waals surface area contributed by atoms with Gasteiger partial charge in [-0.1, -0.05) is 0 Å². The van der Waals surface area contributed by atoms with Crippen LogP contribution in [-0.4, -0.2) is 28.4 Å². The van der Waals surface area contributed by atoms with Crippen LogP contribution in [0.2, 0.25) is 0 Å². The van der Waals surface area contributed by atoms with Gasteiger partial charge in [0.05, 0.1) is 23.3 Å². The Morgan fingerprint density at radius 3 is 2.93 bits per heavy atom. The molecule has 2 N–H and O–H groups in total. The fourth-order valence-electron chi connectivity index (χ4n) is 1.14. The average Bonchev–Trinajstić information content (AvgIpc) is 2.63. The predicted octanol–water partition coefficient (Wildman–Crippen LogP) is 1.10. The largest absolute Gasteiger partial charge is 0.465 e. The third kappa shape index (κ3) is 3.04. The Morgan fingerprint density at radius 1 is 1.80 bits per heavy atom. The lowest BCUT2D eigenvalue weighted by molar-refractivity contribution is -0.145. The maximum absolute atomic E-state index is 11.4. The molecule has 0 spiro atoms. The van der Waals surface area contributed by atoms with Crippen LogP contribution in [0.5, 0.6) is 0 Å². The first-order chi connectivity index (χ1) is 7.06. The molecule has 84 valence electrons. The summed E-state index contributed by atoms with van der Waals surface area (Å²) in [6.07, 6.45) is 3.41. The van der Waals surface area contributed by atoms with E-state index >= 15 is 0 Å². The topological polar surface area (TPSA) is 70.1 Å². The maximum Gasteiger partial charge on any atom is 0.325 e. The molecule has 1 heterocycles. The molecule has 0 aromatic carbocycles. The quantitative estimate of drug-likeness (QED) is 0.836.